The van der Waals surface area contributed by atoms with Crippen LogP contribution in [0, 0.1) is 11.8 Å². The summed E-state index contributed by atoms with van der Waals surface area (Å²) in [5.41, 5.74) is 5.65. The van der Waals surface area contributed by atoms with Crippen molar-refractivity contribution < 1.29 is 4.79 Å². The fourth-order valence-corrected chi connectivity index (χ4v) is 2.44. The first kappa shape index (κ1) is 8.24. The van der Waals surface area contributed by atoms with Crippen LogP contribution >= 0.6 is 0 Å². The first-order chi connectivity index (χ1) is 5.77. The van der Waals surface area contributed by atoms with Crippen LogP contribution < -0.4 is 5.73 Å². The summed E-state index contributed by atoms with van der Waals surface area (Å²) in [6, 6.07) is 0.320. The first-order valence-corrected chi connectivity index (χ1v) is 5.06. The van der Waals surface area contributed by atoms with Crippen molar-refractivity contribution >= 4 is 5.78 Å². The van der Waals surface area contributed by atoms with Gasteiger partial charge in [-0.25, -0.2) is 0 Å². The summed E-state index contributed by atoms with van der Waals surface area (Å²) >= 11 is 0. The number of nitrogens with two attached hydrogens (primary N) is 1. The molecule has 2 rings (SSSR count). The Balaban J connectivity index is 1.83. The number of carbonyl (C=O) groups is 1. The molecule has 0 atom stereocenters. The van der Waals surface area contributed by atoms with E-state index in [1.54, 1.807) is 0 Å². The van der Waals surface area contributed by atoms with Gasteiger partial charge in [-0.3, -0.25) is 4.79 Å². The second-order valence-corrected chi connectivity index (χ2v) is 4.31. The standard InChI is InChI=1S/C10H17NO/c11-9-5-8(6-9)10(12)7-3-1-2-4-7/h7-9H,1-6,11H2. The van der Waals surface area contributed by atoms with Crippen LogP contribution in [0.4, 0.5) is 0 Å². The topological polar surface area (TPSA) is 43.1 Å². The Morgan fingerprint density at radius 3 is 2.17 bits per heavy atom. The molecule has 2 aliphatic rings. The van der Waals surface area contributed by atoms with Gasteiger partial charge in [0.25, 0.3) is 0 Å². The predicted molar refractivity (Wildman–Crippen MR) is 47.7 cm³/mol. The molecule has 2 aliphatic carbocycles. The summed E-state index contributed by atoms with van der Waals surface area (Å²) in [5.74, 6) is 1.26. The fourth-order valence-electron chi connectivity index (χ4n) is 2.44. The van der Waals surface area contributed by atoms with E-state index in [9.17, 15) is 4.79 Å². The molecule has 2 nitrogen and oxygen atoms in total. The summed E-state index contributed by atoms with van der Waals surface area (Å²) in [6.45, 7) is 0. The molecule has 0 aromatic carbocycles. The Morgan fingerprint density at radius 1 is 1.08 bits per heavy atom. The zero-order valence-electron chi connectivity index (χ0n) is 7.46. The lowest BCUT2D eigenvalue weighted by Gasteiger charge is -2.32. The second-order valence-electron chi connectivity index (χ2n) is 4.31. The Morgan fingerprint density at radius 2 is 1.67 bits per heavy atom. The van der Waals surface area contributed by atoms with E-state index in [0.29, 0.717) is 23.7 Å². The van der Waals surface area contributed by atoms with Gasteiger partial charge in [0.05, 0.1) is 0 Å². The molecular formula is C10H17NO. The SMILES string of the molecule is NC1CC(C(=O)C2CCCC2)C1. The van der Waals surface area contributed by atoms with E-state index in [4.69, 9.17) is 5.73 Å². The second kappa shape index (κ2) is 3.17. The Labute approximate surface area is 73.5 Å². The molecule has 2 heteroatoms. The third kappa shape index (κ3) is 1.40. The van der Waals surface area contributed by atoms with Gasteiger partial charge in [-0.05, 0) is 25.7 Å². The van der Waals surface area contributed by atoms with Crippen molar-refractivity contribution in [3.8, 4) is 0 Å². The van der Waals surface area contributed by atoms with Crippen LogP contribution in [0.5, 0.6) is 0 Å². The highest BCUT2D eigenvalue weighted by Crippen LogP contribution is 2.34. The molecule has 2 N–H and O–H groups in total. The van der Waals surface area contributed by atoms with Crippen LogP contribution in [0.15, 0.2) is 0 Å². The van der Waals surface area contributed by atoms with Crippen LogP contribution in [0.3, 0.4) is 0 Å². The Bertz CT molecular complexity index is 178. The van der Waals surface area contributed by atoms with E-state index in [-0.39, 0.29) is 0 Å². The molecule has 12 heavy (non-hydrogen) atoms. The molecule has 0 aromatic heterocycles. The monoisotopic (exact) mass is 167 g/mol. The minimum atomic E-state index is 0.320. The summed E-state index contributed by atoms with van der Waals surface area (Å²) in [5, 5.41) is 0. The molecular weight excluding hydrogens is 150 g/mol. The molecule has 0 bridgehead atoms. The molecule has 68 valence electrons. The summed E-state index contributed by atoms with van der Waals surface area (Å²) in [6.07, 6.45) is 6.71. The maximum Gasteiger partial charge on any atom is 0.139 e. The maximum absolute atomic E-state index is 11.7. The van der Waals surface area contributed by atoms with Gasteiger partial charge >= 0.3 is 0 Å². The largest absolute Gasteiger partial charge is 0.328 e. The number of Topliss-reactive ketones (excluding diaryl/α,β-unsaturated/α-hetero) is 1. The van der Waals surface area contributed by atoms with Crippen molar-refractivity contribution in [2.75, 3.05) is 0 Å². The maximum atomic E-state index is 11.7. The Kier molecular flexibility index (Phi) is 2.18. The van der Waals surface area contributed by atoms with E-state index in [0.717, 1.165) is 25.7 Å². The number of rotatable bonds is 2. The van der Waals surface area contributed by atoms with Gasteiger partial charge in [-0.1, -0.05) is 12.8 Å². The molecule has 0 radical (unpaired) electrons. The van der Waals surface area contributed by atoms with Gasteiger partial charge in [0.15, 0.2) is 0 Å². The fraction of sp³-hybridized carbons (Fsp3) is 0.900. The molecule has 0 aromatic rings. The van der Waals surface area contributed by atoms with Crippen molar-refractivity contribution in [1.29, 1.82) is 0 Å². The average molecular weight is 167 g/mol. The third-order valence-electron chi connectivity index (χ3n) is 3.33. The van der Waals surface area contributed by atoms with Crippen molar-refractivity contribution in [2.24, 2.45) is 17.6 Å². The van der Waals surface area contributed by atoms with Gasteiger partial charge < -0.3 is 5.73 Å². The molecule has 0 heterocycles. The van der Waals surface area contributed by atoms with Crippen molar-refractivity contribution in [3.05, 3.63) is 0 Å². The van der Waals surface area contributed by atoms with Gasteiger partial charge in [0, 0.05) is 17.9 Å². The predicted octanol–water partition coefficient (Wildman–Crippen LogP) is 1.48. The average Bonchev–Trinajstić information content (AvgIpc) is 2.49. The van der Waals surface area contributed by atoms with Gasteiger partial charge in [-0.15, -0.1) is 0 Å². The minimum absolute atomic E-state index is 0.320. The number of hydrogen-bond acceptors (Lipinski definition) is 2. The lowest BCUT2D eigenvalue weighted by molar-refractivity contribution is -0.129. The highest BCUT2D eigenvalue weighted by Gasteiger charge is 2.36. The zero-order valence-corrected chi connectivity index (χ0v) is 7.46. The molecule has 2 fully saturated rings. The highest BCUT2D eigenvalue weighted by atomic mass is 16.1. The van der Waals surface area contributed by atoms with Crippen molar-refractivity contribution in [2.45, 2.75) is 44.6 Å². The summed E-state index contributed by atoms with van der Waals surface area (Å²) in [4.78, 5) is 11.7. The zero-order chi connectivity index (χ0) is 8.55. The van der Waals surface area contributed by atoms with E-state index in [1.807, 2.05) is 0 Å². The number of hydrogen-bond donors (Lipinski definition) is 1. The van der Waals surface area contributed by atoms with Gasteiger partial charge in [0.1, 0.15) is 5.78 Å². The lowest BCUT2D eigenvalue weighted by Crippen LogP contribution is -2.42. The quantitative estimate of drug-likeness (QED) is 0.677. The molecule has 0 amide bonds. The number of ketones is 1. The van der Waals surface area contributed by atoms with Gasteiger partial charge in [-0.2, -0.15) is 0 Å². The normalized spacial score (nSPS) is 36.4. The van der Waals surface area contributed by atoms with E-state index < -0.39 is 0 Å². The smallest absolute Gasteiger partial charge is 0.139 e. The highest BCUT2D eigenvalue weighted by molar-refractivity contribution is 5.84. The van der Waals surface area contributed by atoms with Crippen molar-refractivity contribution in [3.63, 3.8) is 0 Å². The molecule has 0 aliphatic heterocycles. The minimum Gasteiger partial charge on any atom is -0.328 e. The molecule has 0 saturated heterocycles. The van der Waals surface area contributed by atoms with Gasteiger partial charge in [0.2, 0.25) is 0 Å². The van der Waals surface area contributed by atoms with E-state index in [1.165, 1.54) is 12.8 Å². The van der Waals surface area contributed by atoms with Crippen molar-refractivity contribution in [1.82, 2.24) is 0 Å². The lowest BCUT2D eigenvalue weighted by atomic mass is 9.74. The Hall–Kier alpha value is -0.370. The number of carbonyl (C=O) groups excluding carboxylic acids is 1. The summed E-state index contributed by atoms with van der Waals surface area (Å²) in [7, 11) is 0. The van der Waals surface area contributed by atoms with Crippen LogP contribution in [-0.4, -0.2) is 11.8 Å². The van der Waals surface area contributed by atoms with Crippen LogP contribution in [-0.2, 0) is 4.79 Å². The third-order valence-corrected chi connectivity index (χ3v) is 3.33. The molecule has 2 saturated carbocycles. The first-order valence-electron chi connectivity index (χ1n) is 5.06. The molecule has 0 spiro atoms. The van der Waals surface area contributed by atoms with E-state index in [2.05, 4.69) is 0 Å². The van der Waals surface area contributed by atoms with Crippen LogP contribution in [0.2, 0.25) is 0 Å². The van der Waals surface area contributed by atoms with Crippen LogP contribution in [0.1, 0.15) is 38.5 Å². The van der Waals surface area contributed by atoms with E-state index >= 15 is 0 Å². The van der Waals surface area contributed by atoms with Crippen LogP contribution in [0.25, 0.3) is 0 Å². The summed E-state index contributed by atoms with van der Waals surface area (Å²) < 4.78 is 0. The molecule has 0 unspecified atom stereocenters.